The lowest BCUT2D eigenvalue weighted by Crippen LogP contribution is -2.38. The van der Waals surface area contributed by atoms with Crippen LogP contribution in [0.25, 0.3) is 0 Å². The molecule has 1 N–H and O–H groups in total. The molecule has 2 rings (SSSR count). The SMILES string of the molecule is S=C1C=CCC2=CN=CNC12. The predicted octanol–water partition coefficient (Wildman–Crippen LogP) is 1.20. The molecule has 0 saturated heterocycles. The van der Waals surface area contributed by atoms with Crippen LogP contribution in [-0.4, -0.2) is 17.2 Å². The van der Waals surface area contributed by atoms with Crippen molar-refractivity contribution in [2.45, 2.75) is 12.5 Å². The van der Waals surface area contributed by atoms with E-state index in [2.05, 4.69) is 16.4 Å². The molecule has 2 nitrogen and oxygen atoms in total. The number of hydrogen-bond donors (Lipinski definition) is 1. The largest absolute Gasteiger partial charge is 0.365 e. The number of fused-ring (bicyclic) bond motifs is 1. The highest BCUT2D eigenvalue weighted by molar-refractivity contribution is 7.80. The van der Waals surface area contributed by atoms with Gasteiger partial charge in [0.15, 0.2) is 0 Å². The highest BCUT2D eigenvalue weighted by Crippen LogP contribution is 2.17. The molecular formula is C8H8N2S. The average Bonchev–Trinajstić information content (AvgIpc) is 2.06. The molecule has 1 aliphatic carbocycles. The Morgan fingerprint density at radius 1 is 1.64 bits per heavy atom. The molecule has 0 amide bonds. The van der Waals surface area contributed by atoms with Crippen molar-refractivity contribution in [2.75, 3.05) is 0 Å². The van der Waals surface area contributed by atoms with Crippen molar-refractivity contribution < 1.29 is 0 Å². The van der Waals surface area contributed by atoms with E-state index in [9.17, 15) is 0 Å². The number of aliphatic imine (C=N–C) groups is 1. The number of nitrogens with one attached hydrogen (secondary N) is 1. The Bertz CT molecular complexity index is 276. The molecule has 1 heterocycles. The van der Waals surface area contributed by atoms with Gasteiger partial charge in [-0.25, -0.2) is 4.99 Å². The fourth-order valence-electron chi connectivity index (χ4n) is 1.27. The maximum Gasteiger partial charge on any atom is 0.0886 e. The third kappa shape index (κ3) is 1.12. The Morgan fingerprint density at radius 2 is 2.55 bits per heavy atom. The van der Waals surface area contributed by atoms with Crippen LogP contribution in [-0.2, 0) is 0 Å². The third-order valence-corrected chi connectivity index (χ3v) is 2.22. The van der Waals surface area contributed by atoms with Crippen LogP contribution in [0.1, 0.15) is 6.42 Å². The maximum atomic E-state index is 5.15. The van der Waals surface area contributed by atoms with Crippen LogP contribution >= 0.6 is 12.2 Å². The van der Waals surface area contributed by atoms with Crippen molar-refractivity contribution in [1.29, 1.82) is 0 Å². The summed E-state index contributed by atoms with van der Waals surface area (Å²) in [6.07, 6.45) is 8.61. The van der Waals surface area contributed by atoms with E-state index in [1.54, 1.807) is 6.34 Å². The summed E-state index contributed by atoms with van der Waals surface area (Å²) in [5, 5.41) is 3.12. The number of allylic oxidation sites excluding steroid dienone is 1. The zero-order valence-corrected chi connectivity index (χ0v) is 6.77. The van der Waals surface area contributed by atoms with Gasteiger partial charge in [-0.2, -0.15) is 0 Å². The topological polar surface area (TPSA) is 24.4 Å². The zero-order chi connectivity index (χ0) is 7.68. The molecular weight excluding hydrogens is 156 g/mol. The minimum Gasteiger partial charge on any atom is -0.365 e. The van der Waals surface area contributed by atoms with E-state index in [-0.39, 0.29) is 6.04 Å². The second-order valence-electron chi connectivity index (χ2n) is 2.59. The quantitative estimate of drug-likeness (QED) is 0.544. The van der Waals surface area contributed by atoms with Crippen LogP contribution in [0.4, 0.5) is 0 Å². The molecule has 0 fully saturated rings. The minimum absolute atomic E-state index is 0.229. The molecule has 1 unspecified atom stereocenters. The van der Waals surface area contributed by atoms with E-state index < -0.39 is 0 Å². The summed E-state index contributed by atoms with van der Waals surface area (Å²) in [6.45, 7) is 0. The van der Waals surface area contributed by atoms with Gasteiger partial charge in [-0.05, 0) is 18.1 Å². The van der Waals surface area contributed by atoms with Gasteiger partial charge in [-0.15, -0.1) is 0 Å². The molecule has 0 spiro atoms. The second kappa shape index (κ2) is 2.58. The molecule has 1 aliphatic heterocycles. The van der Waals surface area contributed by atoms with Gasteiger partial charge in [0, 0.05) is 11.1 Å². The number of nitrogens with zero attached hydrogens (tertiary/aromatic N) is 1. The molecule has 0 aromatic heterocycles. The summed E-state index contributed by atoms with van der Waals surface area (Å²) < 4.78 is 0. The lowest BCUT2D eigenvalue weighted by Gasteiger charge is -2.24. The normalized spacial score (nSPS) is 27.5. The van der Waals surface area contributed by atoms with Crippen molar-refractivity contribution in [3.8, 4) is 0 Å². The first kappa shape index (κ1) is 6.73. The third-order valence-electron chi connectivity index (χ3n) is 1.85. The van der Waals surface area contributed by atoms with Gasteiger partial charge in [0.05, 0.1) is 12.4 Å². The van der Waals surface area contributed by atoms with Gasteiger partial charge in [-0.3, -0.25) is 0 Å². The first-order valence-corrected chi connectivity index (χ1v) is 3.96. The number of hydrogen-bond acceptors (Lipinski definition) is 3. The molecule has 0 aromatic rings. The van der Waals surface area contributed by atoms with Gasteiger partial charge >= 0.3 is 0 Å². The highest BCUT2D eigenvalue weighted by Gasteiger charge is 2.20. The molecule has 2 aliphatic rings. The van der Waals surface area contributed by atoms with Crippen molar-refractivity contribution in [3.05, 3.63) is 23.9 Å². The fourth-order valence-corrected chi connectivity index (χ4v) is 1.59. The van der Waals surface area contributed by atoms with E-state index in [1.807, 2.05) is 12.3 Å². The van der Waals surface area contributed by atoms with E-state index in [0.29, 0.717) is 0 Å². The Morgan fingerprint density at radius 3 is 3.36 bits per heavy atom. The van der Waals surface area contributed by atoms with Crippen molar-refractivity contribution in [3.63, 3.8) is 0 Å². The van der Waals surface area contributed by atoms with Gasteiger partial charge in [0.2, 0.25) is 0 Å². The average molecular weight is 164 g/mol. The summed E-state index contributed by atoms with van der Waals surface area (Å²) in [6, 6.07) is 0.229. The van der Waals surface area contributed by atoms with Gasteiger partial charge < -0.3 is 5.32 Å². The monoisotopic (exact) mass is 164 g/mol. The first-order valence-electron chi connectivity index (χ1n) is 3.55. The Labute approximate surface area is 70.7 Å². The molecule has 0 saturated carbocycles. The number of thiocarbonyl (C=S) groups is 1. The molecule has 0 radical (unpaired) electrons. The van der Waals surface area contributed by atoms with Gasteiger partial charge in [0.25, 0.3) is 0 Å². The van der Waals surface area contributed by atoms with Crippen molar-refractivity contribution >= 4 is 23.4 Å². The Balaban J connectivity index is 2.34. The van der Waals surface area contributed by atoms with Gasteiger partial charge in [0.1, 0.15) is 0 Å². The summed E-state index contributed by atoms with van der Waals surface area (Å²) in [5.74, 6) is 0. The Hall–Kier alpha value is -0.960. The lowest BCUT2D eigenvalue weighted by molar-refractivity contribution is 0.837. The van der Waals surface area contributed by atoms with Crippen LogP contribution in [0, 0.1) is 0 Å². The van der Waals surface area contributed by atoms with Crippen molar-refractivity contribution in [1.82, 2.24) is 5.32 Å². The van der Waals surface area contributed by atoms with Crippen LogP contribution in [0.2, 0.25) is 0 Å². The first-order chi connectivity index (χ1) is 5.38. The number of rotatable bonds is 0. The predicted molar refractivity (Wildman–Crippen MR) is 49.9 cm³/mol. The lowest BCUT2D eigenvalue weighted by atomic mass is 9.95. The van der Waals surface area contributed by atoms with E-state index in [0.717, 1.165) is 11.3 Å². The van der Waals surface area contributed by atoms with Crippen molar-refractivity contribution in [2.24, 2.45) is 4.99 Å². The molecule has 1 atom stereocenters. The molecule has 56 valence electrons. The summed E-state index contributed by atoms with van der Waals surface area (Å²) in [5.41, 5.74) is 1.26. The molecule has 0 bridgehead atoms. The summed E-state index contributed by atoms with van der Waals surface area (Å²) in [4.78, 5) is 4.96. The summed E-state index contributed by atoms with van der Waals surface area (Å²) in [7, 11) is 0. The second-order valence-corrected chi connectivity index (χ2v) is 3.06. The smallest absolute Gasteiger partial charge is 0.0886 e. The standard InChI is InChI=1S/C8H8N2S/c11-7-3-1-2-6-4-9-5-10-8(6)7/h1,3-5,8H,2H2,(H,9,10). The fraction of sp³-hybridized carbons (Fsp3) is 0.250. The minimum atomic E-state index is 0.229. The maximum absolute atomic E-state index is 5.15. The highest BCUT2D eigenvalue weighted by atomic mass is 32.1. The molecule has 3 heteroatoms. The van der Waals surface area contributed by atoms with Gasteiger partial charge in [-0.1, -0.05) is 18.3 Å². The Kier molecular flexibility index (Phi) is 1.58. The van der Waals surface area contributed by atoms with E-state index >= 15 is 0 Å². The zero-order valence-electron chi connectivity index (χ0n) is 5.95. The van der Waals surface area contributed by atoms with Crippen LogP contribution < -0.4 is 5.32 Å². The summed E-state index contributed by atoms with van der Waals surface area (Å²) >= 11 is 5.15. The molecule has 0 aromatic carbocycles. The van der Waals surface area contributed by atoms with Crippen LogP contribution in [0.5, 0.6) is 0 Å². The van der Waals surface area contributed by atoms with Crippen LogP contribution in [0.15, 0.2) is 28.9 Å². The van der Waals surface area contributed by atoms with E-state index in [1.165, 1.54) is 5.57 Å². The molecule has 11 heavy (non-hydrogen) atoms. The van der Waals surface area contributed by atoms with E-state index in [4.69, 9.17) is 12.2 Å². The van der Waals surface area contributed by atoms with Crippen LogP contribution in [0.3, 0.4) is 0 Å².